The SMILES string of the molecule is O=C(O)c1ccc(CC(Br)C(=O)O)cc1. The van der Waals surface area contributed by atoms with Gasteiger partial charge in [-0.05, 0) is 24.1 Å². The average Bonchev–Trinajstić information content (AvgIpc) is 2.18. The lowest BCUT2D eigenvalue weighted by Gasteiger charge is -2.04. The number of benzene rings is 1. The third-order valence-electron chi connectivity index (χ3n) is 1.88. The predicted octanol–water partition coefficient (Wildman–Crippen LogP) is 1.78. The van der Waals surface area contributed by atoms with Gasteiger partial charge in [0.05, 0.1) is 5.56 Å². The molecule has 0 aliphatic rings. The molecule has 1 rings (SSSR count). The molecule has 2 N–H and O–H groups in total. The van der Waals surface area contributed by atoms with Crippen molar-refractivity contribution in [3.63, 3.8) is 0 Å². The molecule has 0 fully saturated rings. The fourth-order valence-electron chi connectivity index (χ4n) is 1.08. The van der Waals surface area contributed by atoms with E-state index in [-0.39, 0.29) is 5.56 Å². The van der Waals surface area contributed by atoms with Crippen LogP contribution in [0.1, 0.15) is 15.9 Å². The molecule has 0 heterocycles. The van der Waals surface area contributed by atoms with Crippen LogP contribution in [0.5, 0.6) is 0 Å². The van der Waals surface area contributed by atoms with Gasteiger partial charge in [-0.15, -0.1) is 0 Å². The van der Waals surface area contributed by atoms with E-state index in [0.717, 1.165) is 5.56 Å². The molecule has 0 aliphatic carbocycles. The molecule has 0 amide bonds. The van der Waals surface area contributed by atoms with Crippen molar-refractivity contribution in [2.75, 3.05) is 0 Å². The topological polar surface area (TPSA) is 74.6 Å². The minimum atomic E-state index is -0.991. The Bertz CT molecular complexity index is 372. The zero-order valence-corrected chi connectivity index (χ0v) is 9.27. The van der Waals surface area contributed by atoms with Crippen molar-refractivity contribution in [2.45, 2.75) is 11.2 Å². The summed E-state index contributed by atoms with van der Waals surface area (Å²) in [5, 5.41) is 17.3. The van der Waals surface area contributed by atoms with Gasteiger partial charge in [-0.2, -0.15) is 0 Å². The smallest absolute Gasteiger partial charge is 0.335 e. The normalized spacial score (nSPS) is 12.1. The summed E-state index contributed by atoms with van der Waals surface area (Å²) in [6.07, 6.45) is 0.329. The van der Waals surface area contributed by atoms with Crippen molar-refractivity contribution >= 4 is 27.9 Å². The summed E-state index contributed by atoms with van der Waals surface area (Å²) in [5.74, 6) is -1.92. The molecule has 1 atom stereocenters. The van der Waals surface area contributed by atoms with Gasteiger partial charge in [0.1, 0.15) is 4.83 Å². The fraction of sp³-hybridized carbons (Fsp3) is 0.200. The number of carbonyl (C=O) groups is 2. The van der Waals surface area contributed by atoms with Crippen molar-refractivity contribution in [3.05, 3.63) is 35.4 Å². The van der Waals surface area contributed by atoms with Gasteiger partial charge in [0, 0.05) is 0 Å². The van der Waals surface area contributed by atoms with E-state index in [1.807, 2.05) is 0 Å². The molecule has 0 aliphatic heterocycles. The lowest BCUT2D eigenvalue weighted by Crippen LogP contribution is -2.15. The Balaban J connectivity index is 2.72. The van der Waals surface area contributed by atoms with Crippen LogP contribution in [0.2, 0.25) is 0 Å². The van der Waals surface area contributed by atoms with Crippen molar-refractivity contribution in [3.8, 4) is 0 Å². The Morgan fingerprint density at radius 2 is 1.73 bits per heavy atom. The van der Waals surface area contributed by atoms with Gasteiger partial charge in [-0.3, -0.25) is 4.79 Å². The monoisotopic (exact) mass is 272 g/mol. The molecular weight excluding hydrogens is 264 g/mol. The second-order valence-electron chi connectivity index (χ2n) is 3.01. The van der Waals surface area contributed by atoms with E-state index < -0.39 is 16.8 Å². The van der Waals surface area contributed by atoms with Gasteiger partial charge in [0.15, 0.2) is 0 Å². The maximum absolute atomic E-state index is 10.5. The molecule has 15 heavy (non-hydrogen) atoms. The standard InChI is InChI=1S/C10H9BrO4/c11-8(10(14)15)5-6-1-3-7(4-2-6)9(12)13/h1-4,8H,5H2,(H,12,13)(H,14,15). The number of aliphatic carboxylic acids is 1. The molecule has 0 aromatic heterocycles. The number of aromatic carboxylic acids is 1. The van der Waals surface area contributed by atoms with Crippen molar-refractivity contribution in [1.29, 1.82) is 0 Å². The predicted molar refractivity (Wildman–Crippen MR) is 57.5 cm³/mol. The Labute approximate surface area is 94.7 Å². The van der Waals surface area contributed by atoms with E-state index in [9.17, 15) is 9.59 Å². The third kappa shape index (κ3) is 3.36. The maximum atomic E-state index is 10.5. The van der Waals surface area contributed by atoms with Crippen molar-refractivity contribution < 1.29 is 19.8 Å². The first-order valence-corrected chi connectivity index (χ1v) is 5.11. The molecule has 0 bridgehead atoms. The number of hydrogen-bond donors (Lipinski definition) is 2. The molecule has 4 nitrogen and oxygen atoms in total. The lowest BCUT2D eigenvalue weighted by atomic mass is 10.1. The van der Waals surface area contributed by atoms with Crippen LogP contribution in [0.3, 0.4) is 0 Å². The van der Waals surface area contributed by atoms with Gasteiger partial charge in [0.2, 0.25) is 0 Å². The molecule has 5 heteroatoms. The van der Waals surface area contributed by atoms with Crippen LogP contribution in [-0.4, -0.2) is 27.0 Å². The summed E-state index contributed by atoms with van der Waals surface area (Å²) >= 11 is 3.01. The third-order valence-corrected chi connectivity index (χ3v) is 2.60. The Kier molecular flexibility index (Phi) is 3.85. The van der Waals surface area contributed by atoms with E-state index in [2.05, 4.69) is 15.9 Å². The molecular formula is C10H9BrO4. The number of alkyl halides is 1. The van der Waals surface area contributed by atoms with E-state index in [0.29, 0.717) is 6.42 Å². The second kappa shape index (κ2) is 4.93. The van der Waals surface area contributed by atoms with Crippen LogP contribution < -0.4 is 0 Å². The summed E-state index contributed by atoms with van der Waals surface area (Å²) in [4.78, 5) is 20.4. The van der Waals surface area contributed by atoms with Crippen molar-refractivity contribution in [2.24, 2.45) is 0 Å². The maximum Gasteiger partial charge on any atom is 0.335 e. The Morgan fingerprint density at radius 1 is 1.20 bits per heavy atom. The van der Waals surface area contributed by atoms with E-state index in [4.69, 9.17) is 10.2 Å². The largest absolute Gasteiger partial charge is 0.480 e. The zero-order chi connectivity index (χ0) is 11.4. The molecule has 1 aromatic rings. The molecule has 1 aromatic carbocycles. The quantitative estimate of drug-likeness (QED) is 0.820. The molecule has 1 unspecified atom stereocenters. The van der Waals surface area contributed by atoms with Gasteiger partial charge < -0.3 is 10.2 Å². The minimum Gasteiger partial charge on any atom is -0.480 e. The highest BCUT2D eigenvalue weighted by atomic mass is 79.9. The number of rotatable bonds is 4. The summed E-state index contributed by atoms with van der Waals surface area (Å²) < 4.78 is 0. The minimum absolute atomic E-state index is 0.195. The van der Waals surface area contributed by atoms with E-state index in [1.165, 1.54) is 12.1 Å². The van der Waals surface area contributed by atoms with Gasteiger partial charge >= 0.3 is 11.9 Å². The molecule has 0 saturated carbocycles. The Hall–Kier alpha value is -1.36. The Morgan fingerprint density at radius 3 is 2.13 bits per heavy atom. The van der Waals surface area contributed by atoms with Crippen LogP contribution in [0, 0.1) is 0 Å². The van der Waals surface area contributed by atoms with E-state index >= 15 is 0 Å². The fourth-order valence-corrected chi connectivity index (χ4v) is 1.45. The van der Waals surface area contributed by atoms with Crippen LogP contribution in [0.4, 0.5) is 0 Å². The lowest BCUT2D eigenvalue weighted by molar-refractivity contribution is -0.136. The van der Waals surface area contributed by atoms with Crippen LogP contribution in [-0.2, 0) is 11.2 Å². The summed E-state index contributed by atoms with van der Waals surface area (Å²) in [5.41, 5.74) is 0.976. The highest BCUT2D eigenvalue weighted by Gasteiger charge is 2.13. The van der Waals surface area contributed by atoms with Crippen LogP contribution in [0.15, 0.2) is 24.3 Å². The van der Waals surface area contributed by atoms with Crippen molar-refractivity contribution in [1.82, 2.24) is 0 Å². The van der Waals surface area contributed by atoms with Crippen LogP contribution >= 0.6 is 15.9 Å². The first-order chi connectivity index (χ1) is 7.00. The number of halogens is 1. The summed E-state index contributed by atoms with van der Waals surface area (Å²) in [7, 11) is 0. The van der Waals surface area contributed by atoms with Crippen LogP contribution in [0.25, 0.3) is 0 Å². The van der Waals surface area contributed by atoms with Gasteiger partial charge in [-0.1, -0.05) is 28.1 Å². The number of carboxylic acids is 2. The molecule has 0 saturated heterocycles. The second-order valence-corrected chi connectivity index (χ2v) is 4.12. The zero-order valence-electron chi connectivity index (χ0n) is 7.68. The highest BCUT2D eigenvalue weighted by Crippen LogP contribution is 2.11. The first kappa shape index (κ1) is 11.7. The number of hydrogen-bond acceptors (Lipinski definition) is 2. The molecule has 0 spiro atoms. The van der Waals surface area contributed by atoms with Gasteiger partial charge in [0.25, 0.3) is 0 Å². The molecule has 80 valence electrons. The summed E-state index contributed by atoms with van der Waals surface area (Å²) in [6.45, 7) is 0. The molecule has 0 radical (unpaired) electrons. The first-order valence-electron chi connectivity index (χ1n) is 4.20. The number of carboxylic acid groups (broad SMARTS) is 2. The average molecular weight is 273 g/mol. The summed E-state index contributed by atoms with van der Waals surface area (Å²) in [6, 6.07) is 6.14. The highest BCUT2D eigenvalue weighted by molar-refractivity contribution is 9.10. The van der Waals surface area contributed by atoms with Gasteiger partial charge in [-0.25, -0.2) is 4.79 Å². The van der Waals surface area contributed by atoms with E-state index in [1.54, 1.807) is 12.1 Å².